The van der Waals surface area contributed by atoms with Gasteiger partial charge in [0, 0.05) is 55.1 Å². The summed E-state index contributed by atoms with van der Waals surface area (Å²) in [5.74, 6) is 3.02. The van der Waals surface area contributed by atoms with Crippen LogP contribution in [0.15, 0.2) is 30.6 Å². The number of nitrogens with one attached hydrogen (secondary N) is 2. The van der Waals surface area contributed by atoms with Crippen molar-refractivity contribution in [2.24, 2.45) is 5.73 Å². The van der Waals surface area contributed by atoms with Crippen molar-refractivity contribution in [2.75, 3.05) is 23.7 Å². The highest BCUT2D eigenvalue weighted by molar-refractivity contribution is 5.41. The largest absolute Gasteiger partial charge is 0.382 e. The summed E-state index contributed by atoms with van der Waals surface area (Å²) in [4.78, 5) is 13.6. The second-order valence-corrected chi connectivity index (χ2v) is 6.83. The Hall–Kier alpha value is -2.21. The van der Waals surface area contributed by atoms with Crippen LogP contribution in [-0.2, 0) is 0 Å². The zero-order valence-electron chi connectivity index (χ0n) is 13.8. The quantitative estimate of drug-likeness (QED) is 0.678. The maximum atomic E-state index is 5.94. The molecule has 0 radical (unpaired) electrons. The van der Waals surface area contributed by atoms with Gasteiger partial charge in [-0.2, -0.15) is 0 Å². The van der Waals surface area contributed by atoms with Crippen LogP contribution < -0.4 is 16.4 Å². The van der Waals surface area contributed by atoms with Gasteiger partial charge in [0.15, 0.2) is 0 Å². The van der Waals surface area contributed by atoms with Crippen LogP contribution >= 0.6 is 0 Å². The summed E-state index contributed by atoms with van der Waals surface area (Å²) in [5.41, 5.74) is 8.13. The van der Waals surface area contributed by atoms with Gasteiger partial charge >= 0.3 is 0 Å². The van der Waals surface area contributed by atoms with E-state index >= 15 is 0 Å². The first-order valence-electron chi connectivity index (χ1n) is 8.80. The van der Waals surface area contributed by atoms with E-state index in [1.54, 1.807) is 6.20 Å². The number of anilines is 2. The van der Waals surface area contributed by atoms with Crippen molar-refractivity contribution in [3.05, 3.63) is 42.1 Å². The molecule has 0 atom stereocenters. The first kappa shape index (κ1) is 15.3. The maximum Gasteiger partial charge on any atom is 0.134 e. The van der Waals surface area contributed by atoms with E-state index in [0.29, 0.717) is 17.9 Å². The van der Waals surface area contributed by atoms with Gasteiger partial charge in [-0.15, -0.1) is 0 Å². The molecule has 0 amide bonds. The number of nitrogens with zero attached hydrogens (tertiary/aromatic N) is 3. The number of hydrogen-bond acceptors (Lipinski definition) is 6. The number of aromatic nitrogens is 3. The molecule has 2 heterocycles. The second-order valence-electron chi connectivity index (χ2n) is 6.83. The highest BCUT2D eigenvalue weighted by Crippen LogP contribution is 2.41. The molecule has 0 aromatic carbocycles. The third-order valence-electron chi connectivity index (χ3n) is 4.72. The molecule has 2 saturated carbocycles. The molecule has 2 aliphatic carbocycles. The lowest BCUT2D eigenvalue weighted by atomic mass is 9.78. The molecule has 2 aromatic rings. The standard InChI is InChI=1S/C18H24N6/c19-14-8-13(9-14)16-10-17(24-18(23-16)12-3-4-12)22-7-6-21-15-2-1-5-20-11-15/h1-2,5,10-14,21H,3-4,6-9,19H2,(H,22,23,24). The molecule has 2 aliphatic rings. The Kier molecular flexibility index (Phi) is 4.30. The molecule has 4 rings (SSSR count). The number of hydrogen-bond donors (Lipinski definition) is 3. The minimum Gasteiger partial charge on any atom is -0.382 e. The predicted molar refractivity (Wildman–Crippen MR) is 95.2 cm³/mol. The van der Waals surface area contributed by atoms with Crippen molar-refractivity contribution >= 4 is 11.5 Å². The summed E-state index contributed by atoms with van der Waals surface area (Å²) >= 11 is 0. The van der Waals surface area contributed by atoms with E-state index in [4.69, 9.17) is 15.7 Å². The van der Waals surface area contributed by atoms with E-state index in [1.165, 1.54) is 12.8 Å². The summed E-state index contributed by atoms with van der Waals surface area (Å²) in [6.07, 6.45) is 8.13. The Labute approximate surface area is 142 Å². The number of pyridine rings is 1. The second kappa shape index (κ2) is 6.73. The van der Waals surface area contributed by atoms with E-state index in [-0.39, 0.29) is 0 Å². The molecule has 2 aromatic heterocycles. The normalized spacial score (nSPS) is 22.7. The van der Waals surface area contributed by atoms with Crippen molar-refractivity contribution in [3.63, 3.8) is 0 Å². The van der Waals surface area contributed by atoms with Crippen LogP contribution in [0.4, 0.5) is 11.5 Å². The van der Waals surface area contributed by atoms with Crippen LogP contribution in [0.3, 0.4) is 0 Å². The van der Waals surface area contributed by atoms with Gasteiger partial charge in [-0.3, -0.25) is 4.98 Å². The van der Waals surface area contributed by atoms with Gasteiger partial charge in [0.2, 0.25) is 0 Å². The Morgan fingerprint density at radius 3 is 2.62 bits per heavy atom. The van der Waals surface area contributed by atoms with Crippen LogP contribution in [0.5, 0.6) is 0 Å². The highest BCUT2D eigenvalue weighted by atomic mass is 15.1. The van der Waals surface area contributed by atoms with E-state index < -0.39 is 0 Å². The van der Waals surface area contributed by atoms with E-state index in [0.717, 1.165) is 49.0 Å². The topological polar surface area (TPSA) is 88.8 Å². The van der Waals surface area contributed by atoms with Gasteiger partial charge in [0.25, 0.3) is 0 Å². The summed E-state index contributed by atoms with van der Waals surface area (Å²) in [7, 11) is 0. The zero-order chi connectivity index (χ0) is 16.4. The Balaban J connectivity index is 1.37. The fourth-order valence-corrected chi connectivity index (χ4v) is 3.08. The number of rotatable bonds is 7. The molecule has 0 bridgehead atoms. The van der Waals surface area contributed by atoms with Gasteiger partial charge in [0.05, 0.1) is 5.69 Å². The Bertz CT molecular complexity index is 679. The smallest absolute Gasteiger partial charge is 0.134 e. The fraction of sp³-hybridized carbons (Fsp3) is 0.500. The molecular formula is C18H24N6. The van der Waals surface area contributed by atoms with Crippen molar-refractivity contribution in [3.8, 4) is 0 Å². The predicted octanol–water partition coefficient (Wildman–Crippen LogP) is 2.48. The minimum absolute atomic E-state index is 0.342. The van der Waals surface area contributed by atoms with Gasteiger partial charge in [-0.25, -0.2) is 9.97 Å². The third kappa shape index (κ3) is 3.64. The van der Waals surface area contributed by atoms with Gasteiger partial charge in [-0.1, -0.05) is 0 Å². The Morgan fingerprint density at radius 1 is 1.08 bits per heavy atom. The average molecular weight is 324 g/mol. The summed E-state index contributed by atoms with van der Waals surface area (Å²) in [5, 5.41) is 6.77. The average Bonchev–Trinajstić information content (AvgIpc) is 3.42. The molecule has 126 valence electrons. The molecule has 6 nitrogen and oxygen atoms in total. The van der Waals surface area contributed by atoms with Gasteiger partial charge in [-0.05, 0) is 37.8 Å². The molecule has 0 unspecified atom stereocenters. The molecular weight excluding hydrogens is 300 g/mol. The molecule has 0 spiro atoms. The zero-order valence-corrected chi connectivity index (χ0v) is 13.8. The van der Waals surface area contributed by atoms with E-state index in [1.807, 2.05) is 18.3 Å². The molecule has 0 saturated heterocycles. The van der Waals surface area contributed by atoms with Crippen LogP contribution in [0, 0.1) is 0 Å². The molecule has 24 heavy (non-hydrogen) atoms. The van der Waals surface area contributed by atoms with Crippen LogP contribution in [0.1, 0.15) is 49.0 Å². The molecule has 2 fully saturated rings. The van der Waals surface area contributed by atoms with Gasteiger partial charge < -0.3 is 16.4 Å². The van der Waals surface area contributed by atoms with Gasteiger partial charge in [0.1, 0.15) is 11.6 Å². The molecule has 4 N–H and O–H groups in total. The maximum absolute atomic E-state index is 5.94. The van der Waals surface area contributed by atoms with Crippen molar-refractivity contribution in [1.82, 2.24) is 15.0 Å². The number of nitrogens with two attached hydrogens (primary N) is 1. The molecule has 0 aliphatic heterocycles. The lowest BCUT2D eigenvalue weighted by Crippen LogP contribution is -2.35. The van der Waals surface area contributed by atoms with E-state index in [9.17, 15) is 0 Å². The first-order chi connectivity index (χ1) is 11.8. The lowest BCUT2D eigenvalue weighted by Gasteiger charge is -2.32. The summed E-state index contributed by atoms with van der Waals surface area (Å²) in [6, 6.07) is 6.39. The Morgan fingerprint density at radius 2 is 1.92 bits per heavy atom. The third-order valence-corrected chi connectivity index (χ3v) is 4.72. The first-order valence-corrected chi connectivity index (χ1v) is 8.80. The monoisotopic (exact) mass is 324 g/mol. The van der Waals surface area contributed by atoms with Crippen molar-refractivity contribution in [2.45, 2.75) is 43.6 Å². The summed E-state index contributed by atoms with van der Waals surface area (Å²) < 4.78 is 0. The van der Waals surface area contributed by atoms with Crippen LogP contribution in [-0.4, -0.2) is 34.1 Å². The van der Waals surface area contributed by atoms with E-state index in [2.05, 4.69) is 21.7 Å². The minimum atomic E-state index is 0.342. The fourth-order valence-electron chi connectivity index (χ4n) is 3.08. The van der Waals surface area contributed by atoms with Crippen molar-refractivity contribution < 1.29 is 0 Å². The van der Waals surface area contributed by atoms with Crippen molar-refractivity contribution in [1.29, 1.82) is 0 Å². The molecule has 6 heteroatoms. The van der Waals surface area contributed by atoms with Crippen LogP contribution in [0.25, 0.3) is 0 Å². The highest BCUT2D eigenvalue weighted by Gasteiger charge is 2.32. The lowest BCUT2D eigenvalue weighted by molar-refractivity contribution is 0.344. The van der Waals surface area contributed by atoms with Crippen LogP contribution in [0.2, 0.25) is 0 Å². The summed E-state index contributed by atoms with van der Waals surface area (Å²) in [6.45, 7) is 1.62. The SMILES string of the molecule is NC1CC(c2cc(NCCNc3cccnc3)nc(C3CC3)n2)C1.